The number of Topliss-reactive ketones (excluding diaryl/α,β-unsaturated/α-hetero) is 1. The molecule has 0 unspecified atom stereocenters. The second-order valence-corrected chi connectivity index (χ2v) is 5.70. The Morgan fingerprint density at radius 3 is 2.42 bits per heavy atom. The topological polar surface area (TPSA) is 23.6 Å². The summed E-state index contributed by atoms with van der Waals surface area (Å²) in [5.74, 6) is 0.358. The highest BCUT2D eigenvalue weighted by molar-refractivity contribution is 5.98. The van der Waals surface area contributed by atoms with Crippen molar-refractivity contribution in [3.05, 3.63) is 35.9 Å². The van der Waals surface area contributed by atoms with Crippen LogP contribution >= 0.6 is 0 Å². The van der Waals surface area contributed by atoms with E-state index in [-0.39, 0.29) is 11.7 Å². The molecule has 1 aliphatic rings. The van der Waals surface area contributed by atoms with E-state index >= 15 is 0 Å². The standard InChI is InChI=1S/C16H24N2O/c1-17(2)12-15(13-18-10-6-7-11-18)16(19)14-8-4-3-5-9-14/h3-5,8-9,15H,6-7,10-13H2,1-2H3/t15-/m0/s1. The van der Waals surface area contributed by atoms with Crippen molar-refractivity contribution in [1.29, 1.82) is 0 Å². The van der Waals surface area contributed by atoms with E-state index in [1.54, 1.807) is 0 Å². The minimum absolute atomic E-state index is 0.0792. The first-order valence-electron chi connectivity index (χ1n) is 7.13. The lowest BCUT2D eigenvalue weighted by molar-refractivity contribution is 0.0861. The molecule has 1 aromatic carbocycles. The number of nitrogens with zero attached hydrogens (tertiary/aromatic N) is 2. The van der Waals surface area contributed by atoms with Gasteiger partial charge in [-0.15, -0.1) is 0 Å². The predicted molar refractivity (Wildman–Crippen MR) is 78.5 cm³/mol. The zero-order chi connectivity index (χ0) is 13.7. The van der Waals surface area contributed by atoms with Crippen LogP contribution in [0, 0.1) is 5.92 Å². The Labute approximate surface area is 116 Å². The van der Waals surface area contributed by atoms with Crippen molar-refractivity contribution >= 4 is 5.78 Å². The van der Waals surface area contributed by atoms with Gasteiger partial charge in [0.15, 0.2) is 5.78 Å². The van der Waals surface area contributed by atoms with Gasteiger partial charge in [0.25, 0.3) is 0 Å². The minimum atomic E-state index is 0.0792. The van der Waals surface area contributed by atoms with Crippen molar-refractivity contribution in [3.8, 4) is 0 Å². The van der Waals surface area contributed by atoms with Crippen LogP contribution in [0.25, 0.3) is 0 Å². The molecule has 0 aromatic heterocycles. The summed E-state index contributed by atoms with van der Waals surface area (Å²) in [7, 11) is 4.07. The molecule has 1 heterocycles. The molecule has 0 radical (unpaired) electrons. The third-order valence-corrected chi connectivity index (χ3v) is 3.69. The van der Waals surface area contributed by atoms with Crippen molar-refractivity contribution in [2.45, 2.75) is 12.8 Å². The van der Waals surface area contributed by atoms with Crippen molar-refractivity contribution in [3.63, 3.8) is 0 Å². The molecule has 0 bridgehead atoms. The Kier molecular flexibility index (Phi) is 5.11. The van der Waals surface area contributed by atoms with Crippen molar-refractivity contribution in [2.24, 2.45) is 5.92 Å². The average Bonchev–Trinajstić information content (AvgIpc) is 2.90. The Balaban J connectivity index is 2.05. The molecular weight excluding hydrogens is 236 g/mol. The molecule has 3 heteroatoms. The predicted octanol–water partition coefficient (Wildman–Crippen LogP) is 2.14. The lowest BCUT2D eigenvalue weighted by atomic mass is 9.96. The van der Waals surface area contributed by atoms with Crippen LogP contribution in [0.3, 0.4) is 0 Å². The van der Waals surface area contributed by atoms with Gasteiger partial charge >= 0.3 is 0 Å². The van der Waals surface area contributed by atoms with E-state index in [0.717, 1.165) is 31.7 Å². The van der Waals surface area contributed by atoms with Crippen molar-refractivity contribution in [2.75, 3.05) is 40.3 Å². The highest BCUT2D eigenvalue weighted by Gasteiger charge is 2.24. The van der Waals surface area contributed by atoms with E-state index in [0.29, 0.717) is 0 Å². The van der Waals surface area contributed by atoms with Crippen LogP contribution < -0.4 is 0 Å². The lowest BCUT2D eigenvalue weighted by Crippen LogP contribution is -2.37. The summed E-state index contributed by atoms with van der Waals surface area (Å²) in [5, 5.41) is 0. The van der Waals surface area contributed by atoms with Crippen molar-refractivity contribution in [1.82, 2.24) is 9.80 Å². The van der Waals surface area contributed by atoms with Crippen LogP contribution in [0.5, 0.6) is 0 Å². The minimum Gasteiger partial charge on any atom is -0.309 e. The maximum absolute atomic E-state index is 12.6. The van der Waals surface area contributed by atoms with Crippen LogP contribution in [-0.4, -0.2) is 55.9 Å². The molecule has 0 saturated carbocycles. The van der Waals surface area contributed by atoms with Gasteiger partial charge in [-0.3, -0.25) is 4.79 Å². The SMILES string of the molecule is CN(C)C[C@@H](CN1CCCC1)C(=O)c1ccccc1. The smallest absolute Gasteiger partial charge is 0.168 e. The molecule has 0 spiro atoms. The van der Waals surface area contributed by atoms with E-state index in [4.69, 9.17) is 0 Å². The zero-order valence-corrected chi connectivity index (χ0v) is 12.0. The highest BCUT2D eigenvalue weighted by Crippen LogP contribution is 2.15. The first-order chi connectivity index (χ1) is 9.16. The van der Waals surface area contributed by atoms with Gasteiger partial charge in [-0.05, 0) is 40.0 Å². The number of benzene rings is 1. The summed E-state index contributed by atoms with van der Waals surface area (Å²) in [6.45, 7) is 4.01. The summed E-state index contributed by atoms with van der Waals surface area (Å²) in [4.78, 5) is 17.2. The van der Waals surface area contributed by atoms with Crippen LogP contribution in [0.1, 0.15) is 23.2 Å². The van der Waals surface area contributed by atoms with Gasteiger partial charge < -0.3 is 9.80 Å². The van der Waals surface area contributed by atoms with Gasteiger partial charge in [-0.1, -0.05) is 30.3 Å². The summed E-state index contributed by atoms with van der Waals surface area (Å²) in [6, 6.07) is 9.69. The zero-order valence-electron chi connectivity index (χ0n) is 12.0. The van der Waals surface area contributed by atoms with Crippen LogP contribution in [-0.2, 0) is 0 Å². The fourth-order valence-corrected chi connectivity index (χ4v) is 2.78. The first-order valence-corrected chi connectivity index (χ1v) is 7.13. The van der Waals surface area contributed by atoms with Gasteiger partial charge in [0, 0.05) is 24.6 Å². The second kappa shape index (κ2) is 6.83. The van der Waals surface area contributed by atoms with E-state index in [9.17, 15) is 4.79 Å². The normalized spacial score (nSPS) is 17.8. The number of hydrogen-bond acceptors (Lipinski definition) is 3. The van der Waals surface area contributed by atoms with Gasteiger partial charge in [0.2, 0.25) is 0 Å². The number of hydrogen-bond donors (Lipinski definition) is 0. The monoisotopic (exact) mass is 260 g/mol. The van der Waals surface area contributed by atoms with Crippen LogP contribution in [0.2, 0.25) is 0 Å². The molecule has 104 valence electrons. The molecule has 1 saturated heterocycles. The number of rotatable bonds is 6. The van der Waals surface area contributed by atoms with E-state index < -0.39 is 0 Å². The maximum Gasteiger partial charge on any atom is 0.168 e. The quantitative estimate of drug-likeness (QED) is 0.732. The van der Waals surface area contributed by atoms with E-state index in [1.165, 1.54) is 12.8 Å². The summed E-state index contributed by atoms with van der Waals surface area (Å²) >= 11 is 0. The number of likely N-dealkylation sites (tertiary alicyclic amines) is 1. The van der Waals surface area contributed by atoms with Gasteiger partial charge in [-0.2, -0.15) is 0 Å². The molecule has 0 amide bonds. The molecule has 3 nitrogen and oxygen atoms in total. The fraction of sp³-hybridized carbons (Fsp3) is 0.562. The number of ketones is 1. The lowest BCUT2D eigenvalue weighted by Gasteiger charge is -2.25. The van der Waals surface area contributed by atoms with Gasteiger partial charge in [-0.25, -0.2) is 0 Å². The Morgan fingerprint density at radius 1 is 1.21 bits per heavy atom. The molecule has 1 aliphatic heterocycles. The highest BCUT2D eigenvalue weighted by atomic mass is 16.1. The molecule has 1 fully saturated rings. The van der Waals surface area contributed by atoms with E-state index in [2.05, 4.69) is 9.80 Å². The summed E-state index contributed by atoms with van der Waals surface area (Å²) in [6.07, 6.45) is 2.54. The molecule has 2 rings (SSSR count). The maximum atomic E-state index is 12.6. The Hall–Kier alpha value is -1.19. The largest absolute Gasteiger partial charge is 0.309 e. The second-order valence-electron chi connectivity index (χ2n) is 5.70. The van der Waals surface area contributed by atoms with Crippen LogP contribution in [0.15, 0.2) is 30.3 Å². The Bertz CT molecular complexity index is 396. The molecular formula is C16H24N2O. The van der Waals surface area contributed by atoms with Gasteiger partial charge in [0.05, 0.1) is 0 Å². The molecule has 0 N–H and O–H groups in total. The first kappa shape index (κ1) is 14.2. The fourth-order valence-electron chi connectivity index (χ4n) is 2.78. The van der Waals surface area contributed by atoms with Crippen molar-refractivity contribution < 1.29 is 4.79 Å². The summed E-state index contributed by atoms with van der Waals surface area (Å²) < 4.78 is 0. The molecule has 1 aromatic rings. The number of carbonyl (C=O) groups excluding carboxylic acids is 1. The average molecular weight is 260 g/mol. The van der Waals surface area contributed by atoms with Crippen LogP contribution in [0.4, 0.5) is 0 Å². The molecule has 19 heavy (non-hydrogen) atoms. The van der Waals surface area contributed by atoms with Gasteiger partial charge in [0.1, 0.15) is 0 Å². The third-order valence-electron chi connectivity index (χ3n) is 3.69. The molecule has 1 atom stereocenters. The van der Waals surface area contributed by atoms with E-state index in [1.807, 2.05) is 44.4 Å². The molecule has 0 aliphatic carbocycles. The third kappa shape index (κ3) is 4.15. The number of carbonyl (C=O) groups is 1. The summed E-state index contributed by atoms with van der Waals surface area (Å²) in [5.41, 5.74) is 0.841. The Morgan fingerprint density at radius 2 is 1.84 bits per heavy atom.